The molecular formula is C14H16N2. The van der Waals surface area contributed by atoms with Crippen LogP contribution in [0.2, 0.25) is 0 Å². The van der Waals surface area contributed by atoms with Crippen LogP contribution in [0.1, 0.15) is 11.3 Å². The van der Waals surface area contributed by atoms with E-state index < -0.39 is 0 Å². The molecule has 1 heterocycles. The van der Waals surface area contributed by atoms with Gasteiger partial charge in [0.05, 0.1) is 0 Å². The fraction of sp³-hybridized carbons (Fsp3) is 0.214. The van der Waals surface area contributed by atoms with Gasteiger partial charge in [-0.1, -0.05) is 36.4 Å². The van der Waals surface area contributed by atoms with Crippen molar-refractivity contribution in [2.45, 2.75) is 13.5 Å². The van der Waals surface area contributed by atoms with E-state index >= 15 is 0 Å². The third kappa shape index (κ3) is 2.60. The molecule has 82 valence electrons. The molecule has 0 saturated carbocycles. The number of aromatic nitrogens is 1. The van der Waals surface area contributed by atoms with E-state index in [1.165, 1.54) is 5.56 Å². The summed E-state index contributed by atoms with van der Waals surface area (Å²) in [7, 11) is 2.06. The third-order valence-corrected chi connectivity index (χ3v) is 2.53. The van der Waals surface area contributed by atoms with E-state index in [9.17, 15) is 0 Å². The summed E-state index contributed by atoms with van der Waals surface area (Å²) < 4.78 is 0. The molecule has 1 aromatic carbocycles. The Morgan fingerprint density at radius 3 is 2.44 bits per heavy atom. The van der Waals surface area contributed by atoms with E-state index in [-0.39, 0.29) is 0 Å². The van der Waals surface area contributed by atoms with E-state index in [1.807, 2.05) is 31.2 Å². The van der Waals surface area contributed by atoms with Gasteiger partial charge in [-0.25, -0.2) is 4.98 Å². The Morgan fingerprint density at radius 2 is 1.75 bits per heavy atom. The summed E-state index contributed by atoms with van der Waals surface area (Å²) in [5, 5.41) is 0. The summed E-state index contributed by atoms with van der Waals surface area (Å²) >= 11 is 0. The van der Waals surface area contributed by atoms with Gasteiger partial charge in [0.25, 0.3) is 0 Å². The highest BCUT2D eigenvalue weighted by atomic mass is 15.2. The smallest absolute Gasteiger partial charge is 0.128 e. The van der Waals surface area contributed by atoms with Crippen molar-refractivity contribution in [2.24, 2.45) is 0 Å². The molecule has 0 saturated heterocycles. The van der Waals surface area contributed by atoms with Gasteiger partial charge in [-0.2, -0.15) is 0 Å². The molecule has 2 rings (SSSR count). The van der Waals surface area contributed by atoms with Gasteiger partial charge >= 0.3 is 0 Å². The molecule has 0 bridgehead atoms. The predicted octanol–water partition coefficient (Wildman–Crippen LogP) is 3.03. The Labute approximate surface area is 96.6 Å². The Kier molecular flexibility index (Phi) is 3.20. The molecule has 0 aliphatic heterocycles. The Morgan fingerprint density at radius 1 is 1.00 bits per heavy atom. The topological polar surface area (TPSA) is 16.1 Å². The first-order valence-corrected chi connectivity index (χ1v) is 5.44. The molecule has 16 heavy (non-hydrogen) atoms. The second-order valence-corrected chi connectivity index (χ2v) is 3.98. The summed E-state index contributed by atoms with van der Waals surface area (Å²) in [6, 6.07) is 16.5. The molecule has 2 nitrogen and oxygen atoms in total. The van der Waals surface area contributed by atoms with E-state index in [4.69, 9.17) is 0 Å². The fourth-order valence-electron chi connectivity index (χ4n) is 1.68. The molecule has 0 N–H and O–H groups in total. The van der Waals surface area contributed by atoms with Crippen molar-refractivity contribution in [3.63, 3.8) is 0 Å². The first kappa shape index (κ1) is 10.7. The van der Waals surface area contributed by atoms with Crippen LogP contribution < -0.4 is 4.90 Å². The molecule has 0 amide bonds. The molecule has 0 aliphatic rings. The maximum absolute atomic E-state index is 4.50. The SMILES string of the molecule is Cc1cccc(N(C)Cc2ccccc2)n1. The van der Waals surface area contributed by atoms with Crippen LogP contribution in [-0.4, -0.2) is 12.0 Å². The highest BCUT2D eigenvalue weighted by molar-refractivity contribution is 5.39. The van der Waals surface area contributed by atoms with Crippen molar-refractivity contribution in [1.82, 2.24) is 4.98 Å². The molecule has 2 heteroatoms. The van der Waals surface area contributed by atoms with Crippen LogP contribution in [-0.2, 0) is 6.54 Å². The quantitative estimate of drug-likeness (QED) is 0.777. The minimum atomic E-state index is 0.886. The van der Waals surface area contributed by atoms with Gasteiger partial charge in [-0.05, 0) is 24.6 Å². The van der Waals surface area contributed by atoms with Gasteiger partial charge in [-0.3, -0.25) is 0 Å². The monoisotopic (exact) mass is 212 g/mol. The second kappa shape index (κ2) is 4.79. The normalized spacial score (nSPS) is 10.1. The van der Waals surface area contributed by atoms with E-state index in [2.05, 4.69) is 41.2 Å². The highest BCUT2D eigenvalue weighted by Crippen LogP contribution is 2.12. The van der Waals surface area contributed by atoms with Gasteiger partial charge < -0.3 is 4.90 Å². The third-order valence-electron chi connectivity index (χ3n) is 2.53. The number of pyridine rings is 1. The van der Waals surface area contributed by atoms with Crippen molar-refractivity contribution in [1.29, 1.82) is 0 Å². The van der Waals surface area contributed by atoms with Crippen LogP contribution in [0.25, 0.3) is 0 Å². The molecule has 2 aromatic rings. The summed E-state index contributed by atoms with van der Waals surface area (Å²) in [5.41, 5.74) is 2.35. The van der Waals surface area contributed by atoms with Crippen molar-refractivity contribution in [3.05, 3.63) is 59.8 Å². The van der Waals surface area contributed by atoms with Crippen LogP contribution >= 0.6 is 0 Å². The summed E-state index contributed by atoms with van der Waals surface area (Å²) in [4.78, 5) is 6.65. The number of anilines is 1. The van der Waals surface area contributed by atoms with Crippen LogP contribution in [0.5, 0.6) is 0 Å². The van der Waals surface area contributed by atoms with Gasteiger partial charge in [0, 0.05) is 19.3 Å². The van der Waals surface area contributed by atoms with Crippen molar-refractivity contribution >= 4 is 5.82 Å². The minimum absolute atomic E-state index is 0.886. The van der Waals surface area contributed by atoms with Gasteiger partial charge in [0.1, 0.15) is 5.82 Å². The Hall–Kier alpha value is -1.83. The first-order valence-electron chi connectivity index (χ1n) is 5.44. The molecule has 0 fully saturated rings. The molecule has 0 radical (unpaired) electrons. The Bertz CT molecular complexity index is 451. The summed E-state index contributed by atoms with van der Waals surface area (Å²) in [5.74, 6) is 1.02. The molecule has 0 atom stereocenters. The van der Waals surface area contributed by atoms with Crippen LogP contribution in [0.15, 0.2) is 48.5 Å². The molecule has 1 aromatic heterocycles. The molecule has 0 spiro atoms. The molecule has 0 aliphatic carbocycles. The zero-order chi connectivity index (χ0) is 11.4. The van der Waals surface area contributed by atoms with E-state index in [0.29, 0.717) is 0 Å². The van der Waals surface area contributed by atoms with Gasteiger partial charge in [0.2, 0.25) is 0 Å². The maximum atomic E-state index is 4.50. The average molecular weight is 212 g/mol. The zero-order valence-corrected chi connectivity index (χ0v) is 9.72. The number of nitrogens with zero attached hydrogens (tertiary/aromatic N) is 2. The van der Waals surface area contributed by atoms with Gasteiger partial charge in [-0.15, -0.1) is 0 Å². The minimum Gasteiger partial charge on any atom is -0.355 e. The van der Waals surface area contributed by atoms with Gasteiger partial charge in [0.15, 0.2) is 0 Å². The number of hydrogen-bond acceptors (Lipinski definition) is 2. The highest BCUT2D eigenvalue weighted by Gasteiger charge is 2.02. The number of aryl methyl sites for hydroxylation is 1. The summed E-state index contributed by atoms with van der Waals surface area (Å²) in [6.45, 7) is 2.90. The van der Waals surface area contributed by atoms with Crippen molar-refractivity contribution in [2.75, 3.05) is 11.9 Å². The van der Waals surface area contributed by atoms with Crippen LogP contribution in [0.3, 0.4) is 0 Å². The predicted molar refractivity (Wildman–Crippen MR) is 67.5 cm³/mol. The van der Waals surface area contributed by atoms with E-state index in [0.717, 1.165) is 18.1 Å². The van der Waals surface area contributed by atoms with Crippen LogP contribution in [0.4, 0.5) is 5.82 Å². The molecule has 0 unspecified atom stereocenters. The Balaban J connectivity index is 2.12. The van der Waals surface area contributed by atoms with Crippen molar-refractivity contribution < 1.29 is 0 Å². The number of hydrogen-bond donors (Lipinski definition) is 0. The lowest BCUT2D eigenvalue weighted by atomic mass is 10.2. The maximum Gasteiger partial charge on any atom is 0.128 e. The average Bonchev–Trinajstić information content (AvgIpc) is 2.30. The first-order chi connectivity index (χ1) is 7.75. The lowest BCUT2D eigenvalue weighted by molar-refractivity contribution is 0.892. The second-order valence-electron chi connectivity index (χ2n) is 3.98. The summed E-state index contributed by atoms with van der Waals surface area (Å²) in [6.07, 6.45) is 0. The lowest BCUT2D eigenvalue weighted by Gasteiger charge is -2.18. The largest absolute Gasteiger partial charge is 0.355 e. The lowest BCUT2D eigenvalue weighted by Crippen LogP contribution is -2.17. The van der Waals surface area contributed by atoms with E-state index in [1.54, 1.807) is 0 Å². The van der Waals surface area contributed by atoms with Crippen molar-refractivity contribution in [3.8, 4) is 0 Å². The standard InChI is InChI=1S/C14H16N2/c1-12-7-6-10-14(15-12)16(2)11-13-8-4-3-5-9-13/h3-10H,11H2,1-2H3. The van der Waals surface area contributed by atoms with Crippen LogP contribution in [0, 0.1) is 6.92 Å². The molecular weight excluding hydrogens is 196 g/mol. The zero-order valence-electron chi connectivity index (χ0n) is 9.72. The number of benzene rings is 1. The fourth-order valence-corrected chi connectivity index (χ4v) is 1.68. The number of rotatable bonds is 3.